The van der Waals surface area contributed by atoms with Crippen LogP contribution >= 0.6 is 0 Å². The molecule has 0 saturated heterocycles. The molecule has 4 nitrogen and oxygen atoms in total. The fourth-order valence-electron chi connectivity index (χ4n) is 1.43. The third-order valence-electron chi connectivity index (χ3n) is 2.29. The second-order valence-electron chi connectivity index (χ2n) is 3.57. The fourth-order valence-corrected chi connectivity index (χ4v) is 1.43. The lowest BCUT2D eigenvalue weighted by Crippen LogP contribution is -1.91. The number of ether oxygens (including phenoxy) is 1. The first-order valence-electron chi connectivity index (χ1n) is 5.25. The SMILES string of the molecule is OCc1cccc(Oc2cc(CO)ccn2)c1. The number of hydrogen-bond acceptors (Lipinski definition) is 4. The van der Waals surface area contributed by atoms with Crippen LogP contribution in [0.5, 0.6) is 11.6 Å². The molecule has 0 spiro atoms. The van der Waals surface area contributed by atoms with Gasteiger partial charge in [0.05, 0.1) is 13.2 Å². The molecule has 1 aromatic heterocycles. The van der Waals surface area contributed by atoms with Gasteiger partial charge >= 0.3 is 0 Å². The van der Waals surface area contributed by atoms with Crippen LogP contribution in [-0.4, -0.2) is 15.2 Å². The molecule has 0 radical (unpaired) electrons. The number of rotatable bonds is 4. The molecule has 0 aliphatic carbocycles. The van der Waals surface area contributed by atoms with Crippen molar-refractivity contribution >= 4 is 0 Å². The zero-order valence-corrected chi connectivity index (χ0v) is 9.21. The van der Waals surface area contributed by atoms with E-state index in [0.717, 1.165) is 11.1 Å². The van der Waals surface area contributed by atoms with Crippen molar-refractivity contribution in [3.63, 3.8) is 0 Å². The molecule has 0 aliphatic rings. The lowest BCUT2D eigenvalue weighted by atomic mass is 10.2. The summed E-state index contributed by atoms with van der Waals surface area (Å²) in [5.41, 5.74) is 1.52. The lowest BCUT2D eigenvalue weighted by Gasteiger charge is -2.06. The van der Waals surface area contributed by atoms with E-state index in [1.807, 2.05) is 6.07 Å². The van der Waals surface area contributed by atoms with E-state index in [-0.39, 0.29) is 13.2 Å². The van der Waals surface area contributed by atoms with Gasteiger partial charge in [-0.1, -0.05) is 12.1 Å². The average Bonchev–Trinajstić information content (AvgIpc) is 2.39. The Hall–Kier alpha value is -1.91. The van der Waals surface area contributed by atoms with Crippen LogP contribution in [0.4, 0.5) is 0 Å². The molecular weight excluding hydrogens is 218 g/mol. The van der Waals surface area contributed by atoms with E-state index >= 15 is 0 Å². The Balaban J connectivity index is 2.18. The van der Waals surface area contributed by atoms with Crippen LogP contribution in [0.3, 0.4) is 0 Å². The third-order valence-corrected chi connectivity index (χ3v) is 2.29. The summed E-state index contributed by atoms with van der Waals surface area (Å²) in [5, 5.41) is 18.0. The number of nitrogens with zero attached hydrogens (tertiary/aromatic N) is 1. The Labute approximate surface area is 99.1 Å². The molecule has 1 aromatic carbocycles. The molecule has 2 N–H and O–H groups in total. The molecule has 2 aromatic rings. The van der Waals surface area contributed by atoms with Gasteiger partial charge in [-0.15, -0.1) is 0 Å². The van der Waals surface area contributed by atoms with Crippen molar-refractivity contribution in [3.8, 4) is 11.6 Å². The van der Waals surface area contributed by atoms with Crippen LogP contribution in [0.25, 0.3) is 0 Å². The van der Waals surface area contributed by atoms with Gasteiger partial charge in [-0.05, 0) is 29.3 Å². The van der Waals surface area contributed by atoms with Crippen LogP contribution in [0, 0.1) is 0 Å². The van der Waals surface area contributed by atoms with Crippen molar-refractivity contribution in [3.05, 3.63) is 53.7 Å². The Bertz CT molecular complexity index is 454. The summed E-state index contributed by atoms with van der Waals surface area (Å²) < 4.78 is 5.53. The number of aromatic nitrogens is 1. The summed E-state index contributed by atoms with van der Waals surface area (Å²) in [5.74, 6) is 1.03. The van der Waals surface area contributed by atoms with Gasteiger partial charge in [0.2, 0.25) is 5.88 Å². The highest BCUT2D eigenvalue weighted by atomic mass is 16.5. The summed E-state index contributed by atoms with van der Waals surface area (Å²) >= 11 is 0. The lowest BCUT2D eigenvalue weighted by molar-refractivity contribution is 0.280. The monoisotopic (exact) mass is 231 g/mol. The maximum atomic E-state index is 9.01. The molecule has 0 fully saturated rings. The second-order valence-corrected chi connectivity index (χ2v) is 3.57. The van der Waals surface area contributed by atoms with E-state index in [9.17, 15) is 0 Å². The van der Waals surface area contributed by atoms with Crippen molar-refractivity contribution in [1.82, 2.24) is 4.98 Å². The minimum atomic E-state index is -0.0461. The van der Waals surface area contributed by atoms with Gasteiger partial charge in [0.15, 0.2) is 0 Å². The van der Waals surface area contributed by atoms with Crippen LogP contribution in [-0.2, 0) is 13.2 Å². The molecular formula is C13H13NO3. The van der Waals surface area contributed by atoms with E-state index in [2.05, 4.69) is 4.98 Å². The molecule has 2 rings (SSSR count). The first-order chi connectivity index (χ1) is 8.31. The van der Waals surface area contributed by atoms with E-state index in [4.69, 9.17) is 14.9 Å². The van der Waals surface area contributed by atoms with E-state index < -0.39 is 0 Å². The maximum absolute atomic E-state index is 9.01. The third kappa shape index (κ3) is 3.03. The molecule has 17 heavy (non-hydrogen) atoms. The quantitative estimate of drug-likeness (QED) is 0.843. The highest BCUT2D eigenvalue weighted by Gasteiger charge is 2.01. The molecule has 0 bridgehead atoms. The van der Waals surface area contributed by atoms with Crippen LogP contribution in [0.15, 0.2) is 42.6 Å². The van der Waals surface area contributed by atoms with E-state index in [1.54, 1.807) is 36.5 Å². The smallest absolute Gasteiger partial charge is 0.219 e. The van der Waals surface area contributed by atoms with E-state index in [0.29, 0.717) is 11.6 Å². The van der Waals surface area contributed by atoms with Gasteiger partial charge in [0.25, 0.3) is 0 Å². The number of aliphatic hydroxyl groups is 2. The fraction of sp³-hybridized carbons (Fsp3) is 0.154. The Morgan fingerprint density at radius 1 is 1.00 bits per heavy atom. The highest BCUT2D eigenvalue weighted by molar-refractivity contribution is 5.32. The number of hydrogen-bond donors (Lipinski definition) is 2. The average molecular weight is 231 g/mol. The van der Waals surface area contributed by atoms with Crippen molar-refractivity contribution in [2.24, 2.45) is 0 Å². The standard InChI is InChI=1S/C13H13NO3/c15-8-10-2-1-3-12(6-10)17-13-7-11(9-16)4-5-14-13/h1-7,15-16H,8-9H2. The summed E-state index contributed by atoms with van der Waals surface area (Å²) in [6.07, 6.45) is 1.58. The first kappa shape index (κ1) is 11.6. The van der Waals surface area contributed by atoms with Gasteiger partial charge in [0.1, 0.15) is 5.75 Å². The van der Waals surface area contributed by atoms with Crippen molar-refractivity contribution < 1.29 is 14.9 Å². The molecule has 1 heterocycles. The van der Waals surface area contributed by atoms with Crippen LogP contribution < -0.4 is 4.74 Å². The number of benzene rings is 1. The maximum Gasteiger partial charge on any atom is 0.219 e. The molecule has 0 saturated carbocycles. The first-order valence-corrected chi connectivity index (χ1v) is 5.25. The molecule has 0 amide bonds. The number of pyridine rings is 1. The minimum Gasteiger partial charge on any atom is -0.439 e. The molecule has 0 atom stereocenters. The van der Waals surface area contributed by atoms with E-state index in [1.165, 1.54) is 0 Å². The molecule has 4 heteroatoms. The summed E-state index contributed by atoms with van der Waals surface area (Å²) in [4.78, 5) is 4.04. The van der Waals surface area contributed by atoms with Gasteiger partial charge < -0.3 is 14.9 Å². The minimum absolute atomic E-state index is 0.0265. The number of aliphatic hydroxyl groups excluding tert-OH is 2. The van der Waals surface area contributed by atoms with Crippen LogP contribution in [0.2, 0.25) is 0 Å². The second kappa shape index (κ2) is 5.43. The molecule has 0 aliphatic heterocycles. The summed E-state index contributed by atoms with van der Waals surface area (Å²) in [6, 6.07) is 10.5. The van der Waals surface area contributed by atoms with Crippen molar-refractivity contribution in [1.29, 1.82) is 0 Å². The van der Waals surface area contributed by atoms with Gasteiger partial charge in [-0.25, -0.2) is 4.98 Å². The Morgan fingerprint density at radius 2 is 1.76 bits per heavy atom. The normalized spacial score (nSPS) is 10.2. The van der Waals surface area contributed by atoms with Crippen molar-refractivity contribution in [2.45, 2.75) is 13.2 Å². The highest BCUT2D eigenvalue weighted by Crippen LogP contribution is 2.21. The van der Waals surface area contributed by atoms with Gasteiger partial charge in [-0.2, -0.15) is 0 Å². The predicted octanol–water partition coefficient (Wildman–Crippen LogP) is 1.86. The van der Waals surface area contributed by atoms with Gasteiger partial charge in [-0.3, -0.25) is 0 Å². The zero-order chi connectivity index (χ0) is 12.1. The van der Waals surface area contributed by atoms with Gasteiger partial charge in [0, 0.05) is 12.3 Å². The summed E-state index contributed by atoms with van der Waals surface area (Å²) in [7, 11) is 0. The van der Waals surface area contributed by atoms with Crippen molar-refractivity contribution in [2.75, 3.05) is 0 Å². The van der Waals surface area contributed by atoms with Crippen LogP contribution in [0.1, 0.15) is 11.1 Å². The largest absolute Gasteiger partial charge is 0.439 e. The zero-order valence-electron chi connectivity index (χ0n) is 9.21. The molecule has 0 unspecified atom stereocenters. The topological polar surface area (TPSA) is 62.6 Å². The predicted molar refractivity (Wildman–Crippen MR) is 62.6 cm³/mol. The summed E-state index contributed by atoms with van der Waals surface area (Å²) in [6.45, 7) is -0.0726. The Morgan fingerprint density at radius 3 is 2.53 bits per heavy atom. The Kier molecular flexibility index (Phi) is 3.69. The molecule has 88 valence electrons.